The second kappa shape index (κ2) is 8.30. The summed E-state index contributed by atoms with van der Waals surface area (Å²) in [6, 6.07) is 5.72. The van der Waals surface area contributed by atoms with Crippen molar-refractivity contribution in [2.24, 2.45) is 5.92 Å². The third-order valence-corrected chi connectivity index (χ3v) is 5.65. The molecule has 0 saturated carbocycles. The number of furan rings is 1. The zero-order valence-electron chi connectivity index (χ0n) is 17.6. The maximum Gasteiger partial charge on any atom is 0.255 e. The first-order valence-electron chi connectivity index (χ1n) is 10.4. The van der Waals surface area contributed by atoms with E-state index in [1.807, 2.05) is 28.6 Å². The van der Waals surface area contributed by atoms with Gasteiger partial charge in [-0.15, -0.1) is 0 Å². The molecule has 3 aromatic rings. The van der Waals surface area contributed by atoms with Crippen LogP contribution in [0.1, 0.15) is 54.5 Å². The molecule has 2 amide bonds. The fourth-order valence-electron chi connectivity index (χ4n) is 3.91. The van der Waals surface area contributed by atoms with Gasteiger partial charge in [0.05, 0.1) is 30.3 Å². The van der Waals surface area contributed by atoms with Gasteiger partial charge in [0, 0.05) is 30.4 Å². The Balaban J connectivity index is 1.39. The first-order valence-corrected chi connectivity index (χ1v) is 10.4. The van der Waals surface area contributed by atoms with Crippen LogP contribution in [-0.2, 0) is 11.3 Å². The summed E-state index contributed by atoms with van der Waals surface area (Å²) < 4.78 is 7.11. The number of amides is 2. The van der Waals surface area contributed by atoms with Gasteiger partial charge in [-0.1, -0.05) is 0 Å². The van der Waals surface area contributed by atoms with Crippen LogP contribution in [0.15, 0.2) is 35.1 Å². The molecular weight excluding hydrogens is 382 g/mol. The predicted molar refractivity (Wildman–Crippen MR) is 112 cm³/mol. The molecule has 1 saturated heterocycles. The van der Waals surface area contributed by atoms with E-state index in [2.05, 4.69) is 29.2 Å². The summed E-state index contributed by atoms with van der Waals surface area (Å²) in [7, 11) is 0. The quantitative estimate of drug-likeness (QED) is 0.699. The molecule has 4 rings (SSSR count). The normalized spacial score (nSPS) is 15.1. The fraction of sp³-hybridized carbons (Fsp3) is 0.455. The molecule has 0 aliphatic carbocycles. The number of likely N-dealkylation sites (tertiary alicyclic amines) is 1. The zero-order valence-corrected chi connectivity index (χ0v) is 17.6. The van der Waals surface area contributed by atoms with Gasteiger partial charge in [-0.3, -0.25) is 9.59 Å². The number of nitrogens with zero attached hydrogens (tertiary/aromatic N) is 4. The first kappa shape index (κ1) is 20.1. The van der Waals surface area contributed by atoms with Crippen LogP contribution in [0.4, 0.5) is 0 Å². The standard InChI is InChI=1S/C22H27N5O3/c1-14(2)27-20-17(12-24-27)11-19(15(3)25-20)22(29)26-8-6-16(7-9-26)21(28)23-13-18-5-4-10-30-18/h4-5,10-12,14,16H,6-9,13H2,1-3H3,(H,23,28). The summed E-state index contributed by atoms with van der Waals surface area (Å²) in [5.74, 6) is 0.623. The van der Waals surface area contributed by atoms with Crippen LogP contribution in [0.3, 0.4) is 0 Å². The maximum atomic E-state index is 13.1. The van der Waals surface area contributed by atoms with Crippen molar-refractivity contribution in [2.75, 3.05) is 13.1 Å². The van der Waals surface area contributed by atoms with Crippen LogP contribution in [-0.4, -0.2) is 44.6 Å². The molecule has 0 spiro atoms. The molecule has 4 heterocycles. The minimum absolute atomic E-state index is 0.0128. The third-order valence-electron chi connectivity index (χ3n) is 5.65. The van der Waals surface area contributed by atoms with Crippen LogP contribution >= 0.6 is 0 Å². The largest absolute Gasteiger partial charge is 0.467 e. The van der Waals surface area contributed by atoms with Gasteiger partial charge in [0.15, 0.2) is 5.65 Å². The van der Waals surface area contributed by atoms with Gasteiger partial charge in [-0.05, 0) is 51.8 Å². The molecule has 0 aromatic carbocycles. The highest BCUT2D eigenvalue weighted by atomic mass is 16.3. The van der Waals surface area contributed by atoms with E-state index in [0.717, 1.165) is 16.8 Å². The Morgan fingerprint density at radius 3 is 2.73 bits per heavy atom. The number of hydrogen-bond acceptors (Lipinski definition) is 5. The Bertz CT molecular complexity index is 1050. The van der Waals surface area contributed by atoms with Crippen LogP contribution in [0.5, 0.6) is 0 Å². The maximum absolute atomic E-state index is 13.1. The van der Waals surface area contributed by atoms with Gasteiger partial charge < -0.3 is 14.6 Å². The fourth-order valence-corrected chi connectivity index (χ4v) is 3.91. The first-order chi connectivity index (χ1) is 14.4. The van der Waals surface area contributed by atoms with Gasteiger partial charge in [0.25, 0.3) is 5.91 Å². The Morgan fingerprint density at radius 1 is 1.30 bits per heavy atom. The van der Waals surface area contributed by atoms with Gasteiger partial charge >= 0.3 is 0 Å². The van der Waals surface area contributed by atoms with Crippen molar-refractivity contribution in [3.8, 4) is 0 Å². The zero-order chi connectivity index (χ0) is 21.3. The van der Waals surface area contributed by atoms with E-state index in [-0.39, 0.29) is 23.8 Å². The highest BCUT2D eigenvalue weighted by Crippen LogP contribution is 2.23. The molecule has 0 radical (unpaired) electrons. The van der Waals surface area contributed by atoms with Crippen molar-refractivity contribution in [1.29, 1.82) is 0 Å². The third kappa shape index (κ3) is 3.94. The number of rotatable bonds is 5. The van der Waals surface area contributed by atoms with Gasteiger partial charge in [-0.2, -0.15) is 5.10 Å². The Labute approximate surface area is 175 Å². The predicted octanol–water partition coefficient (Wildman–Crippen LogP) is 3.08. The van der Waals surface area contributed by atoms with Crippen LogP contribution < -0.4 is 5.32 Å². The monoisotopic (exact) mass is 409 g/mol. The average Bonchev–Trinajstić information content (AvgIpc) is 3.40. The molecule has 3 aromatic heterocycles. The molecule has 1 N–H and O–H groups in total. The van der Waals surface area contributed by atoms with E-state index in [1.54, 1.807) is 18.5 Å². The van der Waals surface area contributed by atoms with E-state index in [9.17, 15) is 9.59 Å². The number of aryl methyl sites for hydroxylation is 1. The number of carbonyl (C=O) groups is 2. The number of fused-ring (bicyclic) bond motifs is 1. The summed E-state index contributed by atoms with van der Waals surface area (Å²) >= 11 is 0. The lowest BCUT2D eigenvalue weighted by atomic mass is 9.95. The molecule has 8 heteroatoms. The molecule has 1 aliphatic rings. The SMILES string of the molecule is Cc1nc2c(cnn2C(C)C)cc1C(=O)N1CCC(C(=O)NCc2ccco2)CC1. The van der Waals surface area contributed by atoms with Crippen molar-refractivity contribution >= 4 is 22.8 Å². The van der Waals surface area contributed by atoms with Crippen LogP contribution in [0.2, 0.25) is 0 Å². The molecule has 30 heavy (non-hydrogen) atoms. The molecule has 8 nitrogen and oxygen atoms in total. The lowest BCUT2D eigenvalue weighted by molar-refractivity contribution is -0.126. The number of pyridine rings is 1. The Kier molecular flexibility index (Phi) is 5.57. The summed E-state index contributed by atoms with van der Waals surface area (Å²) in [4.78, 5) is 32.0. The Morgan fingerprint density at radius 2 is 2.07 bits per heavy atom. The highest BCUT2D eigenvalue weighted by Gasteiger charge is 2.29. The summed E-state index contributed by atoms with van der Waals surface area (Å²) in [5, 5.41) is 8.17. The second-order valence-corrected chi connectivity index (χ2v) is 8.08. The molecule has 1 aliphatic heterocycles. The number of nitrogens with one attached hydrogen (secondary N) is 1. The lowest BCUT2D eigenvalue weighted by Gasteiger charge is -2.31. The molecular formula is C22H27N5O3. The Hall–Kier alpha value is -3.16. The van der Waals surface area contributed by atoms with Crippen molar-refractivity contribution in [3.63, 3.8) is 0 Å². The van der Waals surface area contributed by atoms with E-state index in [1.165, 1.54) is 0 Å². The molecule has 0 bridgehead atoms. The number of hydrogen-bond donors (Lipinski definition) is 1. The van der Waals surface area contributed by atoms with Crippen molar-refractivity contribution in [2.45, 2.75) is 46.2 Å². The summed E-state index contributed by atoms with van der Waals surface area (Å²) in [5.41, 5.74) is 2.10. The van der Waals surface area contributed by atoms with E-state index < -0.39 is 0 Å². The van der Waals surface area contributed by atoms with Gasteiger partial charge in [-0.25, -0.2) is 9.67 Å². The summed E-state index contributed by atoms with van der Waals surface area (Å²) in [6.07, 6.45) is 4.65. The summed E-state index contributed by atoms with van der Waals surface area (Å²) in [6.45, 7) is 7.47. The number of carbonyl (C=O) groups excluding carboxylic acids is 2. The van der Waals surface area contributed by atoms with E-state index >= 15 is 0 Å². The molecule has 0 atom stereocenters. The van der Waals surface area contributed by atoms with Crippen LogP contribution in [0, 0.1) is 12.8 Å². The lowest BCUT2D eigenvalue weighted by Crippen LogP contribution is -2.43. The topological polar surface area (TPSA) is 93.3 Å². The molecule has 158 valence electrons. The van der Waals surface area contributed by atoms with E-state index in [0.29, 0.717) is 43.7 Å². The number of piperidine rings is 1. The molecule has 0 unspecified atom stereocenters. The minimum atomic E-state index is -0.0880. The minimum Gasteiger partial charge on any atom is -0.467 e. The average molecular weight is 409 g/mol. The van der Waals surface area contributed by atoms with Crippen molar-refractivity contribution < 1.29 is 14.0 Å². The smallest absolute Gasteiger partial charge is 0.255 e. The van der Waals surface area contributed by atoms with Gasteiger partial charge in [0.1, 0.15) is 5.76 Å². The van der Waals surface area contributed by atoms with E-state index in [4.69, 9.17) is 4.42 Å². The number of aromatic nitrogens is 3. The van der Waals surface area contributed by atoms with Gasteiger partial charge in [0.2, 0.25) is 5.91 Å². The second-order valence-electron chi connectivity index (χ2n) is 8.08. The van der Waals surface area contributed by atoms with Crippen molar-refractivity contribution in [1.82, 2.24) is 25.0 Å². The highest BCUT2D eigenvalue weighted by molar-refractivity contribution is 5.98. The van der Waals surface area contributed by atoms with Crippen LogP contribution in [0.25, 0.3) is 11.0 Å². The molecule has 1 fully saturated rings. The van der Waals surface area contributed by atoms with Crippen molar-refractivity contribution in [3.05, 3.63) is 47.7 Å².